The molecule has 1 unspecified atom stereocenters. The third kappa shape index (κ3) is 3.50. The maximum atomic E-state index is 13.5. The van der Waals surface area contributed by atoms with E-state index < -0.39 is 11.7 Å². The van der Waals surface area contributed by atoms with Crippen LogP contribution < -0.4 is 4.74 Å². The molecule has 0 spiro atoms. The Balaban J connectivity index is 1.57. The van der Waals surface area contributed by atoms with Crippen LogP contribution in [0.15, 0.2) is 36.4 Å². The Kier molecular flexibility index (Phi) is 4.86. The van der Waals surface area contributed by atoms with Crippen LogP contribution in [-0.2, 0) is 25.6 Å². The molecule has 0 saturated heterocycles. The maximum Gasteiger partial charge on any atom is 0.416 e. The standard InChI is InChI=1S/C23H24F3NO/c1-3-14(2)17-9-7-15(11-20(17)23(24,25)26)13-28-16-8-10-22-19(12-16)18-5-4-6-21(18)27-22/h7-12,14,27H,3-6,13H2,1-2H3. The predicted molar refractivity (Wildman–Crippen MR) is 105 cm³/mol. The summed E-state index contributed by atoms with van der Waals surface area (Å²) < 4.78 is 46.4. The minimum atomic E-state index is -4.36. The summed E-state index contributed by atoms with van der Waals surface area (Å²) in [5, 5.41) is 1.16. The van der Waals surface area contributed by atoms with Crippen LogP contribution in [0.1, 0.15) is 60.6 Å². The van der Waals surface area contributed by atoms with E-state index in [1.807, 2.05) is 32.0 Å². The fourth-order valence-electron chi connectivity index (χ4n) is 4.07. The van der Waals surface area contributed by atoms with Gasteiger partial charge in [0, 0.05) is 16.6 Å². The predicted octanol–water partition coefficient (Wildman–Crippen LogP) is 6.77. The lowest BCUT2D eigenvalue weighted by molar-refractivity contribution is -0.138. The first-order valence-corrected chi connectivity index (χ1v) is 9.83. The number of ether oxygens (including phenoxy) is 1. The summed E-state index contributed by atoms with van der Waals surface area (Å²) >= 11 is 0. The maximum absolute atomic E-state index is 13.5. The molecule has 0 bridgehead atoms. The summed E-state index contributed by atoms with van der Waals surface area (Å²) in [6, 6.07) is 10.4. The van der Waals surface area contributed by atoms with Crippen molar-refractivity contribution in [2.45, 2.75) is 58.2 Å². The molecule has 0 amide bonds. The van der Waals surface area contributed by atoms with Crippen LogP contribution in [0.5, 0.6) is 5.75 Å². The molecule has 3 aromatic rings. The number of aromatic nitrogens is 1. The Morgan fingerprint density at radius 1 is 1.11 bits per heavy atom. The van der Waals surface area contributed by atoms with Gasteiger partial charge in [-0.05, 0) is 72.6 Å². The van der Waals surface area contributed by atoms with Crippen molar-refractivity contribution in [1.29, 1.82) is 0 Å². The Hall–Kier alpha value is -2.43. The van der Waals surface area contributed by atoms with Crippen LogP contribution in [0, 0.1) is 0 Å². The molecule has 0 fully saturated rings. The topological polar surface area (TPSA) is 25.0 Å². The number of hydrogen-bond acceptors (Lipinski definition) is 1. The second kappa shape index (κ2) is 7.19. The van der Waals surface area contributed by atoms with Gasteiger partial charge in [0.05, 0.1) is 5.56 Å². The van der Waals surface area contributed by atoms with Crippen molar-refractivity contribution >= 4 is 10.9 Å². The Morgan fingerprint density at radius 2 is 1.93 bits per heavy atom. The smallest absolute Gasteiger partial charge is 0.416 e. The third-order valence-electron chi connectivity index (χ3n) is 5.79. The first-order valence-electron chi connectivity index (χ1n) is 9.83. The number of H-pyrrole nitrogens is 1. The van der Waals surface area contributed by atoms with Gasteiger partial charge in [-0.3, -0.25) is 0 Å². The number of halogens is 3. The van der Waals surface area contributed by atoms with Gasteiger partial charge in [0.1, 0.15) is 12.4 Å². The molecule has 4 rings (SSSR count). The average Bonchev–Trinajstić information content (AvgIpc) is 3.26. The minimum absolute atomic E-state index is 0.113. The summed E-state index contributed by atoms with van der Waals surface area (Å²) in [6.45, 7) is 3.84. The number of rotatable bonds is 5. The zero-order chi connectivity index (χ0) is 19.9. The largest absolute Gasteiger partial charge is 0.489 e. The van der Waals surface area contributed by atoms with Crippen LogP contribution in [0.4, 0.5) is 13.2 Å². The summed E-state index contributed by atoms with van der Waals surface area (Å²) in [5.41, 5.74) is 4.05. The number of alkyl halides is 3. The highest BCUT2D eigenvalue weighted by Gasteiger charge is 2.34. The molecule has 5 heteroatoms. The van der Waals surface area contributed by atoms with Crippen molar-refractivity contribution in [3.8, 4) is 5.75 Å². The molecule has 0 saturated carbocycles. The van der Waals surface area contributed by atoms with Gasteiger partial charge in [0.15, 0.2) is 0 Å². The minimum Gasteiger partial charge on any atom is -0.489 e. The van der Waals surface area contributed by atoms with Crippen LogP contribution in [0.2, 0.25) is 0 Å². The molecular formula is C23H24F3NO. The number of aryl methyl sites for hydroxylation is 2. The lowest BCUT2D eigenvalue weighted by atomic mass is 9.92. The van der Waals surface area contributed by atoms with Gasteiger partial charge in [-0.25, -0.2) is 0 Å². The Morgan fingerprint density at radius 3 is 2.68 bits per heavy atom. The summed E-state index contributed by atoms with van der Waals surface area (Å²) in [5.74, 6) is 0.547. The molecule has 1 N–H and O–H groups in total. The number of aromatic amines is 1. The number of fused-ring (bicyclic) bond motifs is 3. The van der Waals surface area contributed by atoms with Crippen molar-refractivity contribution in [2.24, 2.45) is 0 Å². The molecule has 0 radical (unpaired) electrons. The van der Waals surface area contributed by atoms with Crippen molar-refractivity contribution in [1.82, 2.24) is 4.98 Å². The van der Waals surface area contributed by atoms with Crippen molar-refractivity contribution in [3.05, 3.63) is 64.3 Å². The number of benzene rings is 2. The molecule has 1 aliphatic carbocycles. The van der Waals surface area contributed by atoms with Gasteiger partial charge >= 0.3 is 6.18 Å². The molecule has 2 aromatic carbocycles. The van der Waals surface area contributed by atoms with E-state index in [1.165, 1.54) is 17.3 Å². The van der Waals surface area contributed by atoms with Crippen molar-refractivity contribution in [2.75, 3.05) is 0 Å². The van der Waals surface area contributed by atoms with Gasteiger partial charge in [0.25, 0.3) is 0 Å². The molecule has 1 heterocycles. The third-order valence-corrected chi connectivity index (χ3v) is 5.79. The molecule has 1 atom stereocenters. The van der Waals surface area contributed by atoms with Gasteiger partial charge in [-0.1, -0.05) is 26.0 Å². The number of nitrogens with one attached hydrogen (secondary N) is 1. The van der Waals surface area contributed by atoms with E-state index in [-0.39, 0.29) is 12.5 Å². The second-order valence-corrected chi connectivity index (χ2v) is 7.66. The van der Waals surface area contributed by atoms with E-state index in [9.17, 15) is 13.2 Å². The summed E-state index contributed by atoms with van der Waals surface area (Å²) in [7, 11) is 0. The number of hydrogen-bond donors (Lipinski definition) is 1. The van der Waals surface area contributed by atoms with Gasteiger partial charge < -0.3 is 9.72 Å². The monoisotopic (exact) mass is 387 g/mol. The first kappa shape index (κ1) is 18.9. The molecule has 2 nitrogen and oxygen atoms in total. The van der Waals surface area contributed by atoms with Gasteiger partial charge in [-0.15, -0.1) is 0 Å². The fourth-order valence-corrected chi connectivity index (χ4v) is 4.07. The van der Waals surface area contributed by atoms with Crippen LogP contribution >= 0.6 is 0 Å². The summed E-state index contributed by atoms with van der Waals surface area (Å²) in [6.07, 6.45) is -0.405. The van der Waals surface area contributed by atoms with Gasteiger partial charge in [-0.2, -0.15) is 13.2 Å². The zero-order valence-corrected chi connectivity index (χ0v) is 16.1. The second-order valence-electron chi connectivity index (χ2n) is 7.66. The lowest BCUT2D eigenvalue weighted by Gasteiger charge is -2.18. The molecule has 148 valence electrons. The van der Waals surface area contributed by atoms with Crippen molar-refractivity contribution < 1.29 is 17.9 Å². The zero-order valence-electron chi connectivity index (χ0n) is 16.1. The normalized spacial score (nSPS) is 15.0. The van der Waals surface area contributed by atoms with E-state index in [0.29, 0.717) is 23.3 Å². The van der Waals surface area contributed by atoms with E-state index >= 15 is 0 Å². The molecule has 28 heavy (non-hydrogen) atoms. The quantitative estimate of drug-likeness (QED) is 0.513. The van der Waals surface area contributed by atoms with E-state index in [0.717, 1.165) is 30.2 Å². The fraction of sp³-hybridized carbons (Fsp3) is 0.391. The molecule has 0 aliphatic heterocycles. The highest BCUT2D eigenvalue weighted by Crippen LogP contribution is 2.37. The SMILES string of the molecule is CCC(C)c1ccc(COc2ccc3[nH]c4c(c3c2)CCC4)cc1C(F)(F)F. The van der Waals surface area contributed by atoms with Crippen LogP contribution in [0.3, 0.4) is 0 Å². The van der Waals surface area contributed by atoms with Gasteiger partial charge in [0.2, 0.25) is 0 Å². The van der Waals surface area contributed by atoms with Crippen LogP contribution in [0.25, 0.3) is 10.9 Å². The molecule has 1 aromatic heterocycles. The molecule has 1 aliphatic rings. The molecular weight excluding hydrogens is 363 g/mol. The Labute approximate surface area is 162 Å². The highest BCUT2D eigenvalue weighted by molar-refractivity contribution is 5.86. The van der Waals surface area contributed by atoms with E-state index in [2.05, 4.69) is 4.98 Å². The summed E-state index contributed by atoms with van der Waals surface area (Å²) in [4.78, 5) is 3.44. The van der Waals surface area contributed by atoms with E-state index in [4.69, 9.17) is 4.74 Å². The highest BCUT2D eigenvalue weighted by atomic mass is 19.4. The first-order chi connectivity index (χ1) is 13.4. The van der Waals surface area contributed by atoms with Crippen molar-refractivity contribution in [3.63, 3.8) is 0 Å². The average molecular weight is 387 g/mol. The van der Waals surface area contributed by atoms with E-state index in [1.54, 1.807) is 12.1 Å². The lowest BCUT2D eigenvalue weighted by Crippen LogP contribution is -2.12. The van der Waals surface area contributed by atoms with Crippen LogP contribution in [-0.4, -0.2) is 4.98 Å². The Bertz CT molecular complexity index is 1000.